The van der Waals surface area contributed by atoms with Crippen LogP contribution in [-0.4, -0.2) is 139 Å². The number of pyridine rings is 2. The van der Waals surface area contributed by atoms with Gasteiger partial charge >= 0.3 is 11.9 Å². The number of ether oxygens (including phenoxy) is 4. The minimum Gasteiger partial charge on any atom is -0.477 e. The van der Waals surface area contributed by atoms with Crippen molar-refractivity contribution in [2.24, 2.45) is 0 Å². The number of carbonyl (C=O) groups is 4. The highest BCUT2D eigenvalue weighted by Crippen LogP contribution is 2.29. The standard InChI is InChI=1S/C52H60N6O10/c1-3-39-11-6-7-17-47(39)58(36-42-12-5-4-10-38(42)2)48(59)22-23-53-50(60)41-20-18-40(19-21-41)49(44-14-9-16-46(55-44)52(63)64)57-26-30-67-34-32-65-28-24-56(25-29-66-33-35-68-31-27-57)37-43-13-8-15-45(54-43)51(61)62/h3-21,49H,1,22-37H2,2H3,(H,53,60)(H,61,62)(H,63,64). The predicted octanol–water partition coefficient (Wildman–Crippen LogP) is 6.15. The number of hydrogen-bond donors (Lipinski definition) is 3. The maximum atomic E-state index is 13.9. The lowest BCUT2D eigenvalue weighted by molar-refractivity contribution is -0.118. The number of para-hydroxylation sites is 1. The summed E-state index contributed by atoms with van der Waals surface area (Å²) in [6, 6.07) is 31.9. The van der Waals surface area contributed by atoms with Crippen molar-refractivity contribution >= 4 is 35.5 Å². The van der Waals surface area contributed by atoms with Gasteiger partial charge in [-0.3, -0.25) is 19.4 Å². The van der Waals surface area contributed by atoms with E-state index in [1.807, 2.05) is 67.6 Å². The highest BCUT2D eigenvalue weighted by Gasteiger charge is 2.26. The van der Waals surface area contributed by atoms with Gasteiger partial charge in [0.2, 0.25) is 5.91 Å². The molecule has 6 rings (SSSR count). The Morgan fingerprint density at radius 2 is 1.29 bits per heavy atom. The molecule has 358 valence electrons. The van der Waals surface area contributed by atoms with Crippen LogP contribution in [0.15, 0.2) is 116 Å². The van der Waals surface area contributed by atoms with E-state index < -0.39 is 18.0 Å². The van der Waals surface area contributed by atoms with Gasteiger partial charge in [0.05, 0.1) is 82.5 Å². The molecule has 0 aliphatic carbocycles. The van der Waals surface area contributed by atoms with Crippen molar-refractivity contribution in [3.8, 4) is 0 Å². The summed E-state index contributed by atoms with van der Waals surface area (Å²) in [6.07, 6.45) is 1.79. The minimum absolute atomic E-state index is 0.00897. The molecule has 0 bridgehead atoms. The quantitative estimate of drug-likeness (QED) is 0.108. The van der Waals surface area contributed by atoms with E-state index in [0.29, 0.717) is 109 Å². The predicted molar refractivity (Wildman–Crippen MR) is 257 cm³/mol. The maximum absolute atomic E-state index is 13.9. The van der Waals surface area contributed by atoms with Gasteiger partial charge in [-0.25, -0.2) is 19.6 Å². The number of aromatic nitrogens is 2. The second-order valence-electron chi connectivity index (χ2n) is 16.0. The average molecular weight is 929 g/mol. The van der Waals surface area contributed by atoms with Crippen LogP contribution in [0.2, 0.25) is 0 Å². The summed E-state index contributed by atoms with van der Waals surface area (Å²) in [4.78, 5) is 65.7. The molecule has 1 unspecified atom stereocenters. The topological polar surface area (TPSA) is 193 Å². The number of anilines is 1. The van der Waals surface area contributed by atoms with Crippen molar-refractivity contribution in [3.63, 3.8) is 0 Å². The Balaban J connectivity index is 1.10. The zero-order valence-corrected chi connectivity index (χ0v) is 38.5. The molecule has 1 atom stereocenters. The van der Waals surface area contributed by atoms with Gasteiger partial charge in [-0.2, -0.15) is 0 Å². The van der Waals surface area contributed by atoms with E-state index in [4.69, 9.17) is 18.9 Å². The summed E-state index contributed by atoms with van der Waals surface area (Å²) in [5, 5.41) is 22.2. The van der Waals surface area contributed by atoms with E-state index in [2.05, 4.69) is 31.7 Å². The van der Waals surface area contributed by atoms with Crippen molar-refractivity contribution in [3.05, 3.63) is 166 Å². The summed E-state index contributed by atoms with van der Waals surface area (Å²) in [5.41, 5.74) is 5.83. The van der Waals surface area contributed by atoms with Crippen LogP contribution in [0.25, 0.3) is 6.08 Å². The third-order valence-corrected chi connectivity index (χ3v) is 11.4. The molecule has 0 saturated carbocycles. The van der Waals surface area contributed by atoms with Crippen LogP contribution in [0.4, 0.5) is 5.69 Å². The van der Waals surface area contributed by atoms with Gasteiger partial charge in [0.25, 0.3) is 5.91 Å². The SMILES string of the molecule is C=Cc1ccccc1N(Cc1ccccc1C)C(=O)CCNC(=O)c1ccc(C(c2cccc(C(=O)O)n2)N2CCOCCOCCN(Cc3cccc(C(=O)O)n3)CCOCCOCC2)cc1. The number of hydrogen-bond acceptors (Lipinski definition) is 12. The molecular weight excluding hydrogens is 869 g/mol. The number of amides is 2. The van der Waals surface area contributed by atoms with Crippen LogP contribution < -0.4 is 10.2 Å². The van der Waals surface area contributed by atoms with Crippen molar-refractivity contribution in [2.45, 2.75) is 32.5 Å². The molecule has 1 aliphatic heterocycles. The van der Waals surface area contributed by atoms with E-state index in [-0.39, 0.29) is 36.2 Å². The number of aryl methyl sites for hydroxylation is 1. The van der Waals surface area contributed by atoms with Gasteiger partial charge in [-0.15, -0.1) is 0 Å². The number of carboxylic acids is 2. The van der Waals surface area contributed by atoms with Crippen LogP contribution >= 0.6 is 0 Å². The van der Waals surface area contributed by atoms with Gasteiger partial charge < -0.3 is 39.4 Å². The Morgan fingerprint density at radius 3 is 1.93 bits per heavy atom. The Bertz CT molecular complexity index is 2430. The molecule has 68 heavy (non-hydrogen) atoms. The number of rotatable bonds is 15. The molecule has 2 amide bonds. The van der Waals surface area contributed by atoms with Crippen LogP contribution in [0.1, 0.15) is 77.4 Å². The third kappa shape index (κ3) is 15.2. The highest BCUT2D eigenvalue weighted by atomic mass is 16.5. The minimum atomic E-state index is -1.15. The number of carboxylic acid groups (broad SMARTS) is 2. The molecule has 16 heteroatoms. The second kappa shape index (κ2) is 26.6. The van der Waals surface area contributed by atoms with Crippen molar-refractivity contribution in [1.29, 1.82) is 0 Å². The number of carbonyl (C=O) groups excluding carboxylic acids is 2. The lowest BCUT2D eigenvalue weighted by Crippen LogP contribution is -2.37. The van der Waals surface area contributed by atoms with E-state index in [9.17, 15) is 29.4 Å². The van der Waals surface area contributed by atoms with Crippen molar-refractivity contribution in [2.75, 3.05) is 90.5 Å². The first-order valence-corrected chi connectivity index (χ1v) is 22.7. The van der Waals surface area contributed by atoms with E-state index in [1.165, 1.54) is 12.1 Å². The van der Waals surface area contributed by atoms with Gasteiger partial charge in [0.15, 0.2) is 0 Å². The molecule has 1 aliphatic rings. The number of nitrogens with one attached hydrogen (secondary N) is 1. The maximum Gasteiger partial charge on any atom is 0.354 e. The summed E-state index contributed by atoms with van der Waals surface area (Å²) in [7, 11) is 0. The Labute approximate surface area is 397 Å². The molecule has 3 aromatic carbocycles. The first kappa shape index (κ1) is 50.7. The van der Waals surface area contributed by atoms with E-state index in [1.54, 1.807) is 47.4 Å². The first-order valence-electron chi connectivity index (χ1n) is 22.7. The molecule has 16 nitrogen and oxygen atoms in total. The van der Waals surface area contributed by atoms with Crippen LogP contribution in [-0.2, 0) is 36.8 Å². The Morgan fingerprint density at radius 1 is 0.706 bits per heavy atom. The monoisotopic (exact) mass is 928 g/mol. The Hall–Kier alpha value is -6.66. The van der Waals surface area contributed by atoms with Crippen LogP contribution in [0.3, 0.4) is 0 Å². The molecular formula is C52H60N6O10. The van der Waals surface area contributed by atoms with Gasteiger partial charge in [-0.1, -0.05) is 79.4 Å². The molecule has 1 saturated heterocycles. The number of benzene rings is 3. The molecule has 0 radical (unpaired) electrons. The average Bonchev–Trinajstić information content (AvgIpc) is 3.35. The fraction of sp³-hybridized carbons (Fsp3) is 0.346. The molecule has 2 aromatic heterocycles. The largest absolute Gasteiger partial charge is 0.477 e. The highest BCUT2D eigenvalue weighted by molar-refractivity contribution is 5.97. The van der Waals surface area contributed by atoms with Gasteiger partial charge in [0.1, 0.15) is 11.4 Å². The molecule has 3 N–H and O–H groups in total. The smallest absolute Gasteiger partial charge is 0.354 e. The second-order valence-corrected chi connectivity index (χ2v) is 16.0. The molecule has 1 fully saturated rings. The first-order chi connectivity index (χ1) is 33.1. The number of nitrogens with zero attached hydrogens (tertiary/aromatic N) is 5. The summed E-state index contributed by atoms with van der Waals surface area (Å²) >= 11 is 0. The van der Waals surface area contributed by atoms with E-state index in [0.717, 1.165) is 27.9 Å². The van der Waals surface area contributed by atoms with Crippen molar-refractivity contribution in [1.82, 2.24) is 25.1 Å². The fourth-order valence-corrected chi connectivity index (χ4v) is 7.75. The third-order valence-electron chi connectivity index (χ3n) is 11.4. The number of aromatic carboxylic acids is 2. The zero-order valence-electron chi connectivity index (χ0n) is 38.5. The molecule has 0 spiro atoms. The summed E-state index contributed by atoms with van der Waals surface area (Å²) in [6.45, 7) is 11.7. The van der Waals surface area contributed by atoms with Crippen LogP contribution in [0.5, 0.6) is 0 Å². The lowest BCUT2D eigenvalue weighted by Gasteiger charge is -2.32. The van der Waals surface area contributed by atoms with Crippen molar-refractivity contribution < 1.29 is 48.3 Å². The van der Waals surface area contributed by atoms with Gasteiger partial charge in [-0.05, 0) is 71.6 Å². The molecule has 5 aromatic rings. The zero-order chi connectivity index (χ0) is 48.1. The summed E-state index contributed by atoms with van der Waals surface area (Å²) < 4.78 is 23.9. The fourth-order valence-electron chi connectivity index (χ4n) is 7.75. The molecule has 3 heterocycles. The summed E-state index contributed by atoms with van der Waals surface area (Å²) in [5.74, 6) is -2.73. The lowest BCUT2D eigenvalue weighted by atomic mass is 9.99. The van der Waals surface area contributed by atoms with Crippen LogP contribution in [0, 0.1) is 6.92 Å². The Kier molecular flexibility index (Phi) is 19.9. The van der Waals surface area contributed by atoms with Gasteiger partial charge in [0, 0.05) is 51.3 Å². The normalized spacial score (nSPS) is 15.5. The van der Waals surface area contributed by atoms with E-state index >= 15 is 0 Å².